The zero-order valence-electron chi connectivity index (χ0n) is 20.7. The number of hydrogen-bond donors (Lipinski definition) is 4. The summed E-state index contributed by atoms with van der Waals surface area (Å²) in [5.74, 6) is -1.13. The first-order valence-corrected chi connectivity index (χ1v) is 12.6. The summed E-state index contributed by atoms with van der Waals surface area (Å²) in [4.78, 5) is 44.8. The number of nitrogens with one attached hydrogen (secondary N) is 3. The lowest BCUT2D eigenvalue weighted by atomic mass is 10.0. The van der Waals surface area contributed by atoms with Crippen molar-refractivity contribution in [2.75, 3.05) is 10.6 Å². The molecule has 0 bridgehead atoms. The Balaban J connectivity index is 1.47. The number of benzodiazepines with no additional fused rings is 1. The number of anilines is 2. The fraction of sp³-hybridized carbons (Fsp3) is 0.0667. The molecule has 2 atom stereocenters. The van der Waals surface area contributed by atoms with Gasteiger partial charge < -0.3 is 16.0 Å². The van der Waals surface area contributed by atoms with Crippen molar-refractivity contribution in [3.63, 3.8) is 0 Å². The number of urea groups is 1. The van der Waals surface area contributed by atoms with Crippen LogP contribution in [0, 0.1) is 0 Å². The highest BCUT2D eigenvalue weighted by Crippen LogP contribution is 2.27. The molecule has 1 aliphatic heterocycles. The van der Waals surface area contributed by atoms with E-state index in [0.717, 1.165) is 15.4 Å². The Hall–Kier alpha value is -4.89. The number of carbonyl (C=O) groups is 3. The van der Waals surface area contributed by atoms with Crippen LogP contribution >= 0.6 is 12.8 Å². The molecule has 4 aromatic rings. The van der Waals surface area contributed by atoms with Gasteiger partial charge in [0.05, 0.1) is 11.4 Å². The largest absolute Gasteiger partial charge is 0.332 e. The number of para-hydroxylation sites is 2. The second-order valence-corrected chi connectivity index (χ2v) is 9.17. The lowest BCUT2D eigenvalue weighted by Gasteiger charge is -2.27. The van der Waals surface area contributed by atoms with Gasteiger partial charge in [0.1, 0.15) is 6.04 Å². The highest BCUT2D eigenvalue weighted by Gasteiger charge is 2.34. The first-order chi connectivity index (χ1) is 19.0. The fourth-order valence-corrected chi connectivity index (χ4v) is 4.54. The first kappa shape index (κ1) is 25.7. The topological polar surface area (TPSA) is 103 Å². The van der Waals surface area contributed by atoms with E-state index in [1.165, 1.54) is 0 Å². The maximum absolute atomic E-state index is 13.8. The quantitative estimate of drug-likeness (QED) is 0.260. The van der Waals surface area contributed by atoms with Gasteiger partial charge >= 0.3 is 6.03 Å². The molecule has 0 aromatic heterocycles. The van der Waals surface area contributed by atoms with Crippen molar-refractivity contribution >= 4 is 47.7 Å². The number of hydrogen-bond acceptors (Lipinski definition) is 5. The second-order valence-electron chi connectivity index (χ2n) is 8.74. The Bertz CT molecular complexity index is 1510. The molecule has 8 nitrogen and oxygen atoms in total. The van der Waals surface area contributed by atoms with Gasteiger partial charge in [-0.3, -0.25) is 13.9 Å². The van der Waals surface area contributed by atoms with Gasteiger partial charge in [0.25, 0.3) is 11.8 Å². The Morgan fingerprint density at radius 1 is 0.821 bits per heavy atom. The molecule has 0 fully saturated rings. The van der Waals surface area contributed by atoms with Crippen LogP contribution in [0.15, 0.2) is 120 Å². The summed E-state index contributed by atoms with van der Waals surface area (Å²) in [6, 6.07) is 32.6. The molecule has 39 heavy (non-hydrogen) atoms. The van der Waals surface area contributed by atoms with Crippen molar-refractivity contribution < 1.29 is 14.4 Å². The number of rotatable bonds is 6. The molecule has 4 aromatic carbocycles. The highest BCUT2D eigenvalue weighted by atomic mass is 32.1. The predicted molar refractivity (Wildman–Crippen MR) is 155 cm³/mol. The molecular formula is C30H25N5O3S. The van der Waals surface area contributed by atoms with E-state index in [9.17, 15) is 14.4 Å². The van der Waals surface area contributed by atoms with Crippen molar-refractivity contribution in [2.45, 2.75) is 12.2 Å². The van der Waals surface area contributed by atoms with Crippen molar-refractivity contribution in [3.05, 3.63) is 132 Å². The average molecular weight is 536 g/mol. The normalized spacial score (nSPS) is 15.1. The zero-order valence-corrected chi connectivity index (χ0v) is 21.6. The van der Waals surface area contributed by atoms with E-state index in [-0.39, 0.29) is 0 Å². The Labute approximate surface area is 231 Å². The molecule has 9 heteroatoms. The summed E-state index contributed by atoms with van der Waals surface area (Å²) < 4.78 is 1.00. The number of carbonyl (C=O) groups excluding carboxylic acids is 3. The van der Waals surface area contributed by atoms with Crippen LogP contribution in [0.5, 0.6) is 0 Å². The molecule has 1 aliphatic rings. The van der Waals surface area contributed by atoms with E-state index >= 15 is 0 Å². The van der Waals surface area contributed by atoms with Crippen LogP contribution in [0.1, 0.15) is 22.7 Å². The fourth-order valence-electron chi connectivity index (χ4n) is 4.25. The van der Waals surface area contributed by atoms with Crippen LogP contribution in [-0.4, -0.2) is 34.0 Å². The van der Waals surface area contributed by atoms with E-state index in [1.807, 2.05) is 54.6 Å². The molecular weight excluding hydrogens is 510 g/mol. The molecule has 0 saturated carbocycles. The summed E-state index contributed by atoms with van der Waals surface area (Å²) in [7, 11) is 0. The molecule has 0 saturated heterocycles. The number of fused-ring (bicyclic) bond motifs is 1. The third kappa shape index (κ3) is 5.83. The molecule has 4 amide bonds. The van der Waals surface area contributed by atoms with E-state index in [1.54, 1.807) is 60.7 Å². The summed E-state index contributed by atoms with van der Waals surface area (Å²) in [6.07, 6.45) is -1.26. The molecule has 3 N–H and O–H groups in total. The van der Waals surface area contributed by atoms with Crippen LogP contribution < -0.4 is 16.0 Å². The van der Waals surface area contributed by atoms with Crippen molar-refractivity contribution in [1.82, 2.24) is 9.62 Å². The van der Waals surface area contributed by atoms with Crippen molar-refractivity contribution in [3.8, 4) is 0 Å². The number of amides is 4. The van der Waals surface area contributed by atoms with Crippen LogP contribution in [0.4, 0.5) is 16.2 Å². The van der Waals surface area contributed by atoms with E-state index < -0.39 is 30.1 Å². The maximum atomic E-state index is 13.8. The predicted octanol–water partition coefficient (Wildman–Crippen LogP) is 5.04. The number of aliphatic imine (C=N–C) groups is 1. The molecule has 2 unspecified atom stereocenters. The van der Waals surface area contributed by atoms with Gasteiger partial charge in [-0.15, -0.1) is 0 Å². The number of thiol groups is 1. The molecule has 0 radical (unpaired) electrons. The monoisotopic (exact) mass is 535 g/mol. The number of nitrogens with zero attached hydrogens (tertiary/aromatic N) is 2. The Morgan fingerprint density at radius 3 is 2.10 bits per heavy atom. The van der Waals surface area contributed by atoms with E-state index in [0.29, 0.717) is 22.6 Å². The maximum Gasteiger partial charge on any atom is 0.332 e. The van der Waals surface area contributed by atoms with E-state index in [2.05, 4.69) is 33.8 Å². The van der Waals surface area contributed by atoms with Gasteiger partial charge in [-0.05, 0) is 23.8 Å². The van der Waals surface area contributed by atoms with Gasteiger partial charge in [-0.25, -0.2) is 9.79 Å². The molecule has 5 rings (SSSR count). The van der Waals surface area contributed by atoms with E-state index in [4.69, 9.17) is 0 Å². The van der Waals surface area contributed by atoms with Crippen LogP contribution in [0.25, 0.3) is 0 Å². The third-order valence-electron chi connectivity index (χ3n) is 6.11. The van der Waals surface area contributed by atoms with Crippen LogP contribution in [-0.2, 0) is 9.59 Å². The Kier molecular flexibility index (Phi) is 7.70. The van der Waals surface area contributed by atoms with Crippen LogP contribution in [0.2, 0.25) is 0 Å². The lowest BCUT2D eigenvalue weighted by Crippen LogP contribution is -2.48. The molecule has 0 spiro atoms. The van der Waals surface area contributed by atoms with Crippen molar-refractivity contribution in [1.29, 1.82) is 0 Å². The minimum Gasteiger partial charge on any atom is -0.324 e. The average Bonchev–Trinajstić information content (AvgIpc) is 3.10. The zero-order chi connectivity index (χ0) is 27.2. The van der Waals surface area contributed by atoms with Gasteiger partial charge in [0, 0.05) is 16.8 Å². The smallest absolute Gasteiger partial charge is 0.324 e. The summed E-state index contributed by atoms with van der Waals surface area (Å²) >= 11 is 4.40. The SMILES string of the molecule is O=C1Nc2ccccc2C(c2ccccc2)=NC1NC(=O)C(c1ccccc1)N(S)C(=O)Nc1ccccc1. The minimum atomic E-state index is -1.26. The summed E-state index contributed by atoms with van der Waals surface area (Å²) in [6.45, 7) is 0. The van der Waals surface area contributed by atoms with Crippen molar-refractivity contribution in [2.24, 2.45) is 4.99 Å². The van der Waals surface area contributed by atoms with Gasteiger partial charge in [-0.1, -0.05) is 110 Å². The third-order valence-corrected chi connectivity index (χ3v) is 6.53. The molecule has 0 aliphatic carbocycles. The lowest BCUT2D eigenvalue weighted by molar-refractivity contribution is -0.128. The Morgan fingerprint density at radius 2 is 1.41 bits per heavy atom. The van der Waals surface area contributed by atoms with Crippen LogP contribution in [0.3, 0.4) is 0 Å². The van der Waals surface area contributed by atoms with Gasteiger partial charge in [0.2, 0.25) is 6.17 Å². The summed E-state index contributed by atoms with van der Waals surface area (Å²) in [5, 5.41) is 8.33. The van der Waals surface area contributed by atoms with Gasteiger partial charge in [-0.2, -0.15) is 0 Å². The number of benzene rings is 4. The molecule has 194 valence electrons. The minimum absolute atomic E-state index is 0.506. The standard InChI is InChI=1S/C30H25N5O3S/c36-28(26(21-14-6-2-7-15-21)35(39)30(38)31-22-16-8-3-9-17-22)34-27-29(37)32-24-19-11-10-18-23(24)25(33-27)20-12-4-1-5-13-20/h1-19,26-27,39H,(H,31,38)(H,32,37)(H,34,36). The van der Waals surface area contributed by atoms with Gasteiger partial charge in [0.15, 0.2) is 0 Å². The second kappa shape index (κ2) is 11.7. The molecule has 1 heterocycles. The first-order valence-electron chi connectivity index (χ1n) is 12.2. The highest BCUT2D eigenvalue weighted by molar-refractivity contribution is 7.78. The summed E-state index contributed by atoms with van der Waals surface area (Å²) in [5.41, 5.74) is 3.71.